The van der Waals surface area contributed by atoms with E-state index < -0.39 is 5.72 Å². The maximum atomic E-state index is 13.1. The van der Waals surface area contributed by atoms with Gasteiger partial charge in [0.15, 0.2) is 5.72 Å². The molecule has 1 spiro atoms. The molecule has 2 saturated heterocycles. The number of nitrogens with one attached hydrogen (secondary N) is 1. The number of benzene rings is 1. The van der Waals surface area contributed by atoms with Gasteiger partial charge in [-0.1, -0.05) is 31.4 Å². The molecule has 3 fully saturated rings. The second-order valence-corrected chi connectivity index (χ2v) is 9.11. The van der Waals surface area contributed by atoms with Crippen LogP contribution in [-0.4, -0.2) is 58.9 Å². The van der Waals surface area contributed by atoms with Crippen molar-refractivity contribution in [2.75, 3.05) is 19.6 Å². The van der Waals surface area contributed by atoms with Gasteiger partial charge in [-0.25, -0.2) is 0 Å². The first-order valence-electron chi connectivity index (χ1n) is 11.2. The first-order chi connectivity index (χ1) is 14.5. The number of piperidine rings is 1. The number of carbonyl (C=O) groups excluding carboxylic acids is 3. The summed E-state index contributed by atoms with van der Waals surface area (Å²) in [5.41, 5.74) is -0.198. The largest absolute Gasteiger partial charge is 0.467 e. The minimum Gasteiger partial charge on any atom is -0.467 e. The van der Waals surface area contributed by atoms with Crippen LogP contribution in [0.25, 0.3) is 0 Å². The van der Waals surface area contributed by atoms with Crippen LogP contribution < -0.4 is 10.1 Å². The second-order valence-electron chi connectivity index (χ2n) is 9.11. The van der Waals surface area contributed by atoms with Crippen molar-refractivity contribution >= 4 is 17.7 Å². The SMILES string of the molecule is O=C1NC2(CCN(C(=O)[C@H]3CC(=O)N(C4CCCCC4)C3)CC2)Oc2ccccc21. The second kappa shape index (κ2) is 7.60. The van der Waals surface area contributed by atoms with Crippen LogP contribution >= 0.6 is 0 Å². The maximum Gasteiger partial charge on any atom is 0.258 e. The molecule has 1 N–H and O–H groups in total. The van der Waals surface area contributed by atoms with Crippen LogP contribution in [0.1, 0.15) is 61.7 Å². The van der Waals surface area contributed by atoms with Gasteiger partial charge >= 0.3 is 0 Å². The van der Waals surface area contributed by atoms with Gasteiger partial charge in [0.2, 0.25) is 11.8 Å². The summed E-state index contributed by atoms with van der Waals surface area (Å²) in [7, 11) is 0. The van der Waals surface area contributed by atoms with Crippen LogP contribution in [0, 0.1) is 5.92 Å². The smallest absolute Gasteiger partial charge is 0.258 e. The van der Waals surface area contributed by atoms with E-state index in [0.717, 1.165) is 12.8 Å². The number of carbonyl (C=O) groups is 3. The van der Waals surface area contributed by atoms with Gasteiger partial charge in [0, 0.05) is 44.9 Å². The Balaban J connectivity index is 1.20. The third-order valence-corrected chi connectivity index (χ3v) is 7.18. The van der Waals surface area contributed by atoms with Crippen molar-refractivity contribution in [3.63, 3.8) is 0 Å². The molecule has 5 rings (SSSR count). The van der Waals surface area contributed by atoms with Gasteiger partial charge < -0.3 is 19.9 Å². The Morgan fingerprint density at radius 1 is 1.07 bits per heavy atom. The molecule has 1 saturated carbocycles. The molecule has 1 aromatic carbocycles. The molecule has 1 aliphatic carbocycles. The van der Waals surface area contributed by atoms with E-state index in [0.29, 0.717) is 56.3 Å². The van der Waals surface area contributed by atoms with Gasteiger partial charge in [-0.2, -0.15) is 0 Å². The number of rotatable bonds is 2. The lowest BCUT2D eigenvalue weighted by Crippen LogP contribution is -2.62. The molecule has 30 heavy (non-hydrogen) atoms. The number of nitrogens with zero attached hydrogens (tertiary/aromatic N) is 2. The highest BCUT2D eigenvalue weighted by atomic mass is 16.5. The van der Waals surface area contributed by atoms with Gasteiger partial charge in [-0.05, 0) is 25.0 Å². The van der Waals surface area contributed by atoms with Crippen molar-refractivity contribution in [3.8, 4) is 5.75 Å². The first kappa shape index (κ1) is 19.4. The normalized spacial score (nSPS) is 26.3. The zero-order chi connectivity index (χ0) is 20.7. The lowest BCUT2D eigenvalue weighted by molar-refractivity contribution is -0.139. The fourth-order valence-corrected chi connectivity index (χ4v) is 5.47. The molecule has 0 radical (unpaired) electrons. The molecular weight excluding hydrogens is 382 g/mol. The summed E-state index contributed by atoms with van der Waals surface area (Å²) in [5, 5.41) is 3.01. The predicted molar refractivity (Wildman–Crippen MR) is 110 cm³/mol. The van der Waals surface area contributed by atoms with E-state index in [4.69, 9.17) is 4.74 Å². The number of hydrogen-bond acceptors (Lipinski definition) is 4. The maximum absolute atomic E-state index is 13.1. The van der Waals surface area contributed by atoms with Gasteiger partial charge in [-0.3, -0.25) is 14.4 Å². The molecule has 160 valence electrons. The van der Waals surface area contributed by atoms with Crippen molar-refractivity contribution in [2.45, 2.75) is 63.1 Å². The fourth-order valence-electron chi connectivity index (χ4n) is 5.47. The average molecular weight is 412 g/mol. The van der Waals surface area contributed by atoms with Crippen molar-refractivity contribution in [1.29, 1.82) is 0 Å². The number of fused-ring (bicyclic) bond motifs is 1. The van der Waals surface area contributed by atoms with Gasteiger partial charge in [-0.15, -0.1) is 0 Å². The summed E-state index contributed by atoms with van der Waals surface area (Å²) in [4.78, 5) is 42.0. The van der Waals surface area contributed by atoms with E-state index in [2.05, 4.69) is 5.32 Å². The lowest BCUT2D eigenvalue weighted by atomic mass is 9.94. The molecule has 4 aliphatic rings. The molecular formula is C23H29N3O4. The molecule has 3 heterocycles. The third-order valence-electron chi connectivity index (χ3n) is 7.18. The molecule has 0 unspecified atom stereocenters. The topological polar surface area (TPSA) is 79.0 Å². The molecule has 1 aromatic rings. The van der Waals surface area contributed by atoms with Crippen LogP contribution in [0.15, 0.2) is 24.3 Å². The summed E-state index contributed by atoms with van der Waals surface area (Å²) < 4.78 is 6.17. The highest BCUT2D eigenvalue weighted by Gasteiger charge is 2.45. The Labute approximate surface area is 176 Å². The molecule has 7 nitrogen and oxygen atoms in total. The Hall–Kier alpha value is -2.57. The standard InChI is InChI=1S/C23H29N3O4/c27-20-14-16(15-26(20)17-6-2-1-3-7-17)22(29)25-12-10-23(11-13-25)24-21(28)18-8-4-5-9-19(18)30-23/h4-5,8-9,16-17H,1-3,6-7,10-15H2,(H,24,28)/t16-/m0/s1. The highest BCUT2D eigenvalue weighted by molar-refractivity contribution is 5.98. The summed E-state index contributed by atoms with van der Waals surface area (Å²) in [6.45, 7) is 1.61. The van der Waals surface area contributed by atoms with Crippen molar-refractivity contribution in [3.05, 3.63) is 29.8 Å². The number of ether oxygens (including phenoxy) is 1. The minimum absolute atomic E-state index is 0.0686. The molecule has 0 bridgehead atoms. The Morgan fingerprint density at radius 2 is 1.80 bits per heavy atom. The number of likely N-dealkylation sites (tertiary alicyclic amines) is 2. The number of hydrogen-bond donors (Lipinski definition) is 1. The number of amides is 3. The predicted octanol–water partition coefficient (Wildman–Crippen LogP) is 2.31. The quantitative estimate of drug-likeness (QED) is 0.810. The van der Waals surface area contributed by atoms with E-state index in [1.54, 1.807) is 6.07 Å². The third kappa shape index (κ3) is 3.44. The molecule has 3 amide bonds. The fraction of sp³-hybridized carbons (Fsp3) is 0.609. The van der Waals surface area contributed by atoms with Crippen LogP contribution in [0.3, 0.4) is 0 Å². The van der Waals surface area contributed by atoms with Crippen molar-refractivity contribution < 1.29 is 19.1 Å². The molecule has 3 aliphatic heterocycles. The van der Waals surface area contributed by atoms with E-state index in [1.807, 2.05) is 28.0 Å². The Morgan fingerprint density at radius 3 is 2.57 bits per heavy atom. The van der Waals surface area contributed by atoms with Crippen LogP contribution in [0.4, 0.5) is 0 Å². The van der Waals surface area contributed by atoms with E-state index in [-0.39, 0.29) is 23.6 Å². The molecule has 1 atom stereocenters. The highest BCUT2D eigenvalue weighted by Crippen LogP contribution is 2.35. The van der Waals surface area contributed by atoms with Crippen LogP contribution in [0.2, 0.25) is 0 Å². The van der Waals surface area contributed by atoms with Gasteiger partial charge in [0.1, 0.15) is 5.75 Å². The molecule has 7 heteroatoms. The van der Waals surface area contributed by atoms with E-state index in [1.165, 1.54) is 19.3 Å². The van der Waals surface area contributed by atoms with Crippen molar-refractivity contribution in [2.24, 2.45) is 5.92 Å². The van der Waals surface area contributed by atoms with E-state index in [9.17, 15) is 14.4 Å². The minimum atomic E-state index is -0.748. The van der Waals surface area contributed by atoms with Crippen molar-refractivity contribution in [1.82, 2.24) is 15.1 Å². The van der Waals surface area contributed by atoms with Crippen LogP contribution in [0.5, 0.6) is 5.75 Å². The van der Waals surface area contributed by atoms with Gasteiger partial charge in [0.25, 0.3) is 5.91 Å². The van der Waals surface area contributed by atoms with Crippen LogP contribution in [-0.2, 0) is 9.59 Å². The lowest BCUT2D eigenvalue weighted by Gasteiger charge is -2.44. The monoisotopic (exact) mass is 411 g/mol. The summed E-state index contributed by atoms with van der Waals surface area (Å²) in [6, 6.07) is 7.57. The molecule has 0 aromatic heterocycles. The average Bonchev–Trinajstić information content (AvgIpc) is 3.16. The summed E-state index contributed by atoms with van der Waals surface area (Å²) >= 11 is 0. The zero-order valence-electron chi connectivity index (χ0n) is 17.3. The zero-order valence-corrected chi connectivity index (χ0v) is 17.3. The van der Waals surface area contributed by atoms with Gasteiger partial charge in [0.05, 0.1) is 11.5 Å². The Bertz CT molecular complexity index is 856. The number of para-hydroxylation sites is 1. The summed E-state index contributed by atoms with van der Waals surface area (Å²) in [5.74, 6) is 0.440. The first-order valence-corrected chi connectivity index (χ1v) is 11.2. The van der Waals surface area contributed by atoms with E-state index >= 15 is 0 Å². The Kier molecular flexibility index (Phi) is 4.91. The summed E-state index contributed by atoms with van der Waals surface area (Å²) in [6.07, 6.45) is 7.16.